The number of hydrogen-bond donors (Lipinski definition) is 0. The molecule has 0 N–H and O–H groups in total. The van der Waals surface area contributed by atoms with Crippen LogP contribution in [0.4, 0.5) is 5.69 Å². The van der Waals surface area contributed by atoms with E-state index in [4.69, 9.17) is 9.47 Å². The Labute approximate surface area is 206 Å². The van der Waals surface area contributed by atoms with Crippen LogP contribution in [0.2, 0.25) is 0 Å². The van der Waals surface area contributed by atoms with Crippen molar-refractivity contribution < 1.29 is 28.7 Å². The Bertz CT molecular complexity index is 1570. The van der Waals surface area contributed by atoms with E-state index >= 15 is 0 Å². The Morgan fingerprint density at radius 3 is 2.36 bits per heavy atom. The van der Waals surface area contributed by atoms with Crippen LogP contribution in [0.15, 0.2) is 73.1 Å². The van der Waals surface area contributed by atoms with Crippen molar-refractivity contribution in [3.8, 4) is 23.1 Å². The summed E-state index contributed by atoms with van der Waals surface area (Å²) in [6, 6.07) is 17.4. The van der Waals surface area contributed by atoms with Crippen LogP contribution in [0.1, 0.15) is 16.8 Å². The lowest BCUT2D eigenvalue weighted by Gasteiger charge is -2.16. The summed E-state index contributed by atoms with van der Waals surface area (Å²) in [7, 11) is 0. The van der Waals surface area contributed by atoms with Gasteiger partial charge in [0.05, 0.1) is 17.1 Å². The molecule has 4 heterocycles. The summed E-state index contributed by atoms with van der Waals surface area (Å²) >= 11 is 0. The fourth-order valence-electron chi connectivity index (χ4n) is 4.43. The van der Waals surface area contributed by atoms with E-state index in [1.807, 2.05) is 25.1 Å². The molecular weight excluding hydrogens is 460 g/mol. The first kappa shape index (κ1) is 21.6. The van der Waals surface area contributed by atoms with Crippen LogP contribution >= 0.6 is 0 Å². The third-order valence-corrected chi connectivity index (χ3v) is 6.20. The lowest BCUT2D eigenvalue weighted by atomic mass is 10.0. The van der Waals surface area contributed by atoms with Crippen LogP contribution in [-0.4, -0.2) is 28.4 Å². The van der Waals surface area contributed by atoms with Gasteiger partial charge in [0.1, 0.15) is 5.57 Å². The molecule has 0 bridgehead atoms. The molecule has 2 aliphatic rings. The summed E-state index contributed by atoms with van der Waals surface area (Å²) in [5, 5.41) is 18.0. The number of fused-ring (bicyclic) bond motifs is 1. The molecule has 178 valence electrons. The number of benzene rings is 2. The fourth-order valence-corrected chi connectivity index (χ4v) is 4.43. The molecule has 2 aromatic carbocycles. The van der Waals surface area contributed by atoms with E-state index in [0.29, 0.717) is 28.6 Å². The molecule has 0 atom stereocenters. The molecule has 0 saturated carbocycles. The van der Waals surface area contributed by atoms with Gasteiger partial charge in [-0.05, 0) is 49.6 Å². The van der Waals surface area contributed by atoms with Gasteiger partial charge in [-0.15, -0.1) is 0 Å². The second kappa shape index (κ2) is 8.09. The number of pyridine rings is 1. The summed E-state index contributed by atoms with van der Waals surface area (Å²) in [5.74, 6) is -0.694. The van der Waals surface area contributed by atoms with Crippen LogP contribution in [-0.2, 0) is 9.59 Å². The summed E-state index contributed by atoms with van der Waals surface area (Å²) in [5.41, 5.74) is 2.36. The van der Waals surface area contributed by atoms with Crippen molar-refractivity contribution in [1.29, 1.82) is 0 Å². The highest BCUT2D eigenvalue weighted by molar-refractivity contribution is 6.53. The first-order valence-electron chi connectivity index (χ1n) is 11.3. The van der Waals surface area contributed by atoms with E-state index in [1.54, 1.807) is 66.3 Å². The van der Waals surface area contributed by atoms with Gasteiger partial charge in [-0.3, -0.25) is 9.59 Å². The Hall–Kier alpha value is -4.92. The maximum absolute atomic E-state index is 13.9. The molecular formula is C27H20N4O5. The predicted molar refractivity (Wildman–Crippen MR) is 127 cm³/mol. The first-order valence-corrected chi connectivity index (χ1v) is 11.3. The number of aromatic nitrogens is 3. The molecule has 9 heteroatoms. The maximum Gasteiger partial charge on any atom is 0.331 e. The number of rotatable bonds is 4. The highest BCUT2D eigenvalue weighted by Gasteiger charge is 2.47. The average Bonchev–Trinajstić information content (AvgIpc) is 3.54. The number of imide groups is 1. The Kier molecular flexibility index (Phi) is 4.85. The van der Waals surface area contributed by atoms with Crippen molar-refractivity contribution >= 4 is 28.8 Å². The van der Waals surface area contributed by atoms with Gasteiger partial charge in [0.2, 0.25) is 6.79 Å². The minimum absolute atomic E-state index is 0.00352. The van der Waals surface area contributed by atoms with Crippen molar-refractivity contribution in [2.45, 2.75) is 13.8 Å². The van der Waals surface area contributed by atoms with Gasteiger partial charge in [-0.1, -0.05) is 18.2 Å². The molecule has 9 nitrogen and oxygen atoms in total. The Balaban J connectivity index is 1.55. The number of nitrogens with zero attached hydrogens (tertiary/aromatic N) is 4. The monoisotopic (exact) mass is 480 g/mol. The van der Waals surface area contributed by atoms with Crippen LogP contribution in [0.25, 0.3) is 17.0 Å². The number of carbonyl (C=O) groups is 2. The molecule has 6 rings (SSSR count). The van der Waals surface area contributed by atoms with Crippen LogP contribution in [0.5, 0.6) is 17.4 Å². The van der Waals surface area contributed by atoms with E-state index < -0.39 is 17.7 Å². The third-order valence-electron chi connectivity index (χ3n) is 6.20. The molecule has 2 aliphatic heterocycles. The number of amides is 2. The fraction of sp³-hybridized carbons (Fsp3) is 0.111. The van der Waals surface area contributed by atoms with Gasteiger partial charge >= 0.3 is 5.91 Å². The molecule has 0 radical (unpaired) electrons. The topological polar surface area (TPSA) is 101 Å². The second-order valence-electron chi connectivity index (χ2n) is 8.50. The Morgan fingerprint density at radius 2 is 1.61 bits per heavy atom. The zero-order chi connectivity index (χ0) is 25.0. The molecule has 0 fully saturated rings. The van der Waals surface area contributed by atoms with Gasteiger partial charge in [0.15, 0.2) is 23.9 Å². The summed E-state index contributed by atoms with van der Waals surface area (Å²) in [4.78, 5) is 28.8. The van der Waals surface area contributed by atoms with Gasteiger partial charge in [-0.25, -0.2) is 9.58 Å². The Morgan fingerprint density at radius 1 is 0.889 bits per heavy atom. The number of carbonyl (C=O) groups excluding carboxylic acids is 2. The largest absolute Gasteiger partial charge is 0.858 e. The zero-order valence-electron chi connectivity index (χ0n) is 19.5. The lowest BCUT2D eigenvalue weighted by molar-refractivity contribution is -0.576. The molecule has 0 aliphatic carbocycles. The van der Waals surface area contributed by atoms with E-state index in [0.717, 1.165) is 10.5 Å². The van der Waals surface area contributed by atoms with Crippen molar-refractivity contribution in [1.82, 2.24) is 9.78 Å². The van der Waals surface area contributed by atoms with Crippen molar-refractivity contribution in [3.63, 3.8) is 0 Å². The van der Waals surface area contributed by atoms with Crippen molar-refractivity contribution in [2.75, 3.05) is 11.7 Å². The van der Waals surface area contributed by atoms with Gasteiger partial charge in [-0.2, -0.15) is 9.67 Å². The van der Waals surface area contributed by atoms with E-state index in [-0.39, 0.29) is 23.6 Å². The molecule has 2 amide bonds. The molecule has 0 unspecified atom stereocenters. The van der Waals surface area contributed by atoms with Gasteiger partial charge in [0.25, 0.3) is 11.6 Å². The van der Waals surface area contributed by atoms with E-state index in [9.17, 15) is 14.7 Å². The number of para-hydroxylation sites is 1. The molecule has 0 saturated heterocycles. The van der Waals surface area contributed by atoms with Crippen molar-refractivity contribution in [2.24, 2.45) is 0 Å². The summed E-state index contributed by atoms with van der Waals surface area (Å²) < 4.78 is 13.6. The number of anilines is 1. The summed E-state index contributed by atoms with van der Waals surface area (Å²) in [6.45, 7) is 3.64. The van der Waals surface area contributed by atoms with E-state index in [2.05, 4.69) is 5.10 Å². The number of ether oxygens (including phenoxy) is 2. The number of hydrogen-bond acceptors (Lipinski definition) is 6. The normalized spacial score (nSPS) is 14.8. The van der Waals surface area contributed by atoms with Gasteiger partial charge in [0, 0.05) is 23.8 Å². The lowest BCUT2D eigenvalue weighted by Crippen LogP contribution is -2.39. The summed E-state index contributed by atoms with van der Waals surface area (Å²) in [6.07, 6.45) is 3.39. The van der Waals surface area contributed by atoms with Crippen LogP contribution < -0.4 is 24.0 Å². The molecule has 0 spiro atoms. The highest BCUT2D eigenvalue weighted by Crippen LogP contribution is 2.41. The first-order chi connectivity index (χ1) is 17.4. The van der Waals surface area contributed by atoms with Crippen LogP contribution in [0.3, 0.4) is 0 Å². The quantitative estimate of drug-likeness (QED) is 0.329. The van der Waals surface area contributed by atoms with Crippen molar-refractivity contribution in [3.05, 3.63) is 89.9 Å². The maximum atomic E-state index is 13.9. The minimum Gasteiger partial charge on any atom is -0.858 e. The second-order valence-corrected chi connectivity index (χ2v) is 8.50. The van der Waals surface area contributed by atoms with Crippen LogP contribution in [0, 0.1) is 13.8 Å². The van der Waals surface area contributed by atoms with E-state index in [1.165, 1.54) is 4.68 Å². The standard InChI is InChI=1S/C27H20N4O5/c1-16-10-12-29(13-11-16)24-23(22-17(2)28-31(26(22)33)18-6-4-3-5-7-18)25(32)30(27(24)34)19-8-9-20-21(14-19)36-15-35-20/h3-14H,15H2,1-2H3. The predicted octanol–water partition coefficient (Wildman–Crippen LogP) is 2.52. The zero-order valence-corrected chi connectivity index (χ0v) is 19.5. The third kappa shape index (κ3) is 3.24. The average molecular weight is 480 g/mol. The highest BCUT2D eigenvalue weighted by atomic mass is 16.7. The molecule has 36 heavy (non-hydrogen) atoms. The van der Waals surface area contributed by atoms with Gasteiger partial charge < -0.3 is 14.6 Å². The SMILES string of the molecule is Cc1cc[n+](C2=C(c3c(C)nn(-c4ccccc4)c3[O-])C(=O)N(c3ccc4c(c3)OCO4)C2=O)cc1. The molecule has 4 aromatic rings. The minimum atomic E-state index is -0.616. The number of aryl methyl sites for hydroxylation is 2. The smallest absolute Gasteiger partial charge is 0.331 e. The molecule has 2 aromatic heterocycles.